The van der Waals surface area contributed by atoms with Crippen molar-refractivity contribution in [2.45, 2.75) is 32.9 Å². The summed E-state index contributed by atoms with van der Waals surface area (Å²) in [6, 6.07) is 3.88. The fourth-order valence-corrected chi connectivity index (χ4v) is 2.83. The Bertz CT molecular complexity index is 640. The van der Waals surface area contributed by atoms with Crippen LogP contribution in [0, 0.1) is 6.92 Å². The first-order valence-electron chi connectivity index (χ1n) is 6.83. The van der Waals surface area contributed by atoms with Crippen molar-refractivity contribution in [3.05, 3.63) is 33.8 Å². The Labute approximate surface area is 127 Å². The molecule has 1 aliphatic rings. The zero-order valence-electron chi connectivity index (χ0n) is 12.1. The third kappa shape index (κ3) is 3.28. The SMILES string of the molecule is Cc1nc(COc2cc3c(cc2CC(C)N)OCO3)cs1. The van der Waals surface area contributed by atoms with E-state index in [0.29, 0.717) is 12.4 Å². The molecule has 3 rings (SSSR count). The second-order valence-electron chi connectivity index (χ2n) is 5.14. The van der Waals surface area contributed by atoms with Gasteiger partial charge in [-0.2, -0.15) is 0 Å². The molecule has 6 heteroatoms. The van der Waals surface area contributed by atoms with E-state index in [1.54, 1.807) is 11.3 Å². The molecule has 0 spiro atoms. The number of hydrogen-bond donors (Lipinski definition) is 1. The molecule has 0 radical (unpaired) electrons. The van der Waals surface area contributed by atoms with Gasteiger partial charge in [0.05, 0.1) is 10.7 Å². The third-order valence-electron chi connectivity index (χ3n) is 3.14. The molecule has 2 N–H and O–H groups in total. The fraction of sp³-hybridized carbons (Fsp3) is 0.400. The average molecular weight is 306 g/mol. The van der Waals surface area contributed by atoms with Gasteiger partial charge in [-0.25, -0.2) is 4.98 Å². The van der Waals surface area contributed by atoms with E-state index >= 15 is 0 Å². The van der Waals surface area contributed by atoms with E-state index in [9.17, 15) is 0 Å². The van der Waals surface area contributed by atoms with Crippen LogP contribution in [0.25, 0.3) is 0 Å². The van der Waals surface area contributed by atoms with Gasteiger partial charge in [0.25, 0.3) is 0 Å². The summed E-state index contributed by atoms with van der Waals surface area (Å²) in [5.74, 6) is 2.25. The molecule has 0 amide bonds. The maximum absolute atomic E-state index is 5.92. The van der Waals surface area contributed by atoms with Gasteiger partial charge in [0.2, 0.25) is 6.79 Å². The first kappa shape index (κ1) is 14.2. The number of rotatable bonds is 5. The predicted octanol–water partition coefficient (Wildman–Crippen LogP) is 2.65. The molecule has 21 heavy (non-hydrogen) atoms. The molecule has 1 aromatic heterocycles. The van der Waals surface area contributed by atoms with Gasteiger partial charge in [-0.1, -0.05) is 0 Å². The van der Waals surface area contributed by atoms with E-state index in [1.807, 2.05) is 31.4 Å². The molecule has 2 heterocycles. The molecule has 0 aliphatic carbocycles. The van der Waals surface area contributed by atoms with Gasteiger partial charge < -0.3 is 19.9 Å². The Balaban J connectivity index is 1.81. The lowest BCUT2D eigenvalue weighted by Crippen LogP contribution is -2.18. The first-order chi connectivity index (χ1) is 10.1. The van der Waals surface area contributed by atoms with Crippen LogP contribution in [0.1, 0.15) is 23.2 Å². The number of fused-ring (bicyclic) bond motifs is 1. The van der Waals surface area contributed by atoms with Crippen molar-refractivity contribution in [1.29, 1.82) is 0 Å². The smallest absolute Gasteiger partial charge is 0.231 e. The van der Waals surface area contributed by atoms with Crippen molar-refractivity contribution < 1.29 is 14.2 Å². The highest BCUT2D eigenvalue weighted by Gasteiger charge is 2.19. The molecule has 2 aromatic rings. The lowest BCUT2D eigenvalue weighted by Gasteiger charge is -2.13. The van der Waals surface area contributed by atoms with Crippen LogP contribution in [0.5, 0.6) is 17.2 Å². The summed E-state index contributed by atoms with van der Waals surface area (Å²) in [6.07, 6.45) is 0.724. The monoisotopic (exact) mass is 306 g/mol. The van der Waals surface area contributed by atoms with Crippen molar-refractivity contribution >= 4 is 11.3 Å². The Kier molecular flexibility index (Phi) is 3.98. The summed E-state index contributed by atoms with van der Waals surface area (Å²) >= 11 is 1.62. The topological polar surface area (TPSA) is 66.6 Å². The standard InChI is InChI=1S/C15H18N2O3S/c1-9(16)3-11-4-14-15(20-8-19-14)5-13(11)18-6-12-7-21-10(2)17-12/h4-5,7,9H,3,6,8,16H2,1-2H3. The van der Waals surface area contributed by atoms with E-state index in [0.717, 1.165) is 34.2 Å². The normalized spacial score (nSPS) is 14.2. The lowest BCUT2D eigenvalue weighted by molar-refractivity contribution is 0.173. The summed E-state index contributed by atoms with van der Waals surface area (Å²) in [5, 5.41) is 3.04. The van der Waals surface area contributed by atoms with E-state index in [-0.39, 0.29) is 12.8 Å². The zero-order chi connectivity index (χ0) is 14.8. The molecule has 1 unspecified atom stereocenters. The van der Waals surface area contributed by atoms with Crippen LogP contribution in [-0.2, 0) is 13.0 Å². The van der Waals surface area contributed by atoms with Crippen LogP contribution in [0.15, 0.2) is 17.5 Å². The van der Waals surface area contributed by atoms with Crippen molar-refractivity contribution in [2.24, 2.45) is 5.73 Å². The highest BCUT2D eigenvalue weighted by molar-refractivity contribution is 7.09. The Morgan fingerprint density at radius 2 is 2.14 bits per heavy atom. The molecule has 1 atom stereocenters. The number of aryl methyl sites for hydroxylation is 1. The van der Waals surface area contributed by atoms with Gasteiger partial charge in [0.15, 0.2) is 11.5 Å². The van der Waals surface area contributed by atoms with Gasteiger partial charge >= 0.3 is 0 Å². The van der Waals surface area contributed by atoms with Crippen molar-refractivity contribution in [1.82, 2.24) is 4.98 Å². The molecule has 112 valence electrons. The Hall–Kier alpha value is -1.79. The van der Waals surface area contributed by atoms with E-state index < -0.39 is 0 Å². The minimum absolute atomic E-state index is 0.0502. The molecule has 0 saturated heterocycles. The van der Waals surface area contributed by atoms with Crippen molar-refractivity contribution in [3.63, 3.8) is 0 Å². The molecular weight excluding hydrogens is 288 g/mol. The molecular formula is C15H18N2O3S. The van der Waals surface area contributed by atoms with E-state index in [1.165, 1.54) is 0 Å². The Morgan fingerprint density at radius 3 is 2.81 bits per heavy atom. The maximum Gasteiger partial charge on any atom is 0.231 e. The Morgan fingerprint density at radius 1 is 1.38 bits per heavy atom. The molecule has 5 nitrogen and oxygen atoms in total. The number of hydrogen-bond acceptors (Lipinski definition) is 6. The molecule has 0 saturated carbocycles. The molecule has 1 aliphatic heterocycles. The van der Waals surface area contributed by atoms with Crippen LogP contribution in [0.4, 0.5) is 0 Å². The largest absolute Gasteiger partial charge is 0.487 e. The van der Waals surface area contributed by atoms with Gasteiger partial charge in [0.1, 0.15) is 12.4 Å². The van der Waals surface area contributed by atoms with Gasteiger partial charge in [0, 0.05) is 17.5 Å². The first-order valence-corrected chi connectivity index (χ1v) is 7.71. The van der Waals surface area contributed by atoms with Crippen LogP contribution < -0.4 is 19.9 Å². The number of benzene rings is 1. The predicted molar refractivity (Wildman–Crippen MR) is 81.1 cm³/mol. The molecule has 0 fully saturated rings. The van der Waals surface area contributed by atoms with E-state index in [2.05, 4.69) is 4.98 Å². The summed E-state index contributed by atoms with van der Waals surface area (Å²) in [7, 11) is 0. The minimum atomic E-state index is 0.0502. The third-order valence-corrected chi connectivity index (χ3v) is 3.96. The zero-order valence-corrected chi connectivity index (χ0v) is 12.9. The average Bonchev–Trinajstić information content (AvgIpc) is 3.03. The fourth-order valence-electron chi connectivity index (χ4n) is 2.23. The van der Waals surface area contributed by atoms with Crippen molar-refractivity contribution in [2.75, 3.05) is 6.79 Å². The summed E-state index contributed by atoms with van der Waals surface area (Å²) < 4.78 is 16.7. The van der Waals surface area contributed by atoms with Gasteiger partial charge in [-0.15, -0.1) is 11.3 Å². The highest BCUT2D eigenvalue weighted by atomic mass is 32.1. The summed E-state index contributed by atoms with van der Waals surface area (Å²) in [4.78, 5) is 4.40. The number of thiazole rings is 1. The second kappa shape index (κ2) is 5.91. The molecule has 0 bridgehead atoms. The maximum atomic E-state index is 5.92. The van der Waals surface area contributed by atoms with Crippen molar-refractivity contribution in [3.8, 4) is 17.2 Å². The van der Waals surface area contributed by atoms with Crippen LogP contribution >= 0.6 is 11.3 Å². The number of nitrogens with two attached hydrogens (primary N) is 1. The molecule has 1 aromatic carbocycles. The van der Waals surface area contributed by atoms with Crippen LogP contribution in [-0.4, -0.2) is 17.8 Å². The lowest BCUT2D eigenvalue weighted by atomic mass is 10.1. The quantitative estimate of drug-likeness (QED) is 0.920. The highest BCUT2D eigenvalue weighted by Crippen LogP contribution is 2.38. The summed E-state index contributed by atoms with van der Waals surface area (Å²) in [5.41, 5.74) is 7.87. The van der Waals surface area contributed by atoms with Gasteiger partial charge in [-0.3, -0.25) is 0 Å². The number of nitrogens with zero attached hydrogens (tertiary/aromatic N) is 1. The van der Waals surface area contributed by atoms with E-state index in [4.69, 9.17) is 19.9 Å². The summed E-state index contributed by atoms with van der Waals surface area (Å²) in [6.45, 7) is 4.64. The van der Waals surface area contributed by atoms with Gasteiger partial charge in [-0.05, 0) is 31.9 Å². The number of aromatic nitrogens is 1. The number of ether oxygens (including phenoxy) is 3. The van der Waals surface area contributed by atoms with Crippen LogP contribution in [0.3, 0.4) is 0 Å². The van der Waals surface area contributed by atoms with Crippen LogP contribution in [0.2, 0.25) is 0 Å². The second-order valence-corrected chi connectivity index (χ2v) is 6.20. The minimum Gasteiger partial charge on any atom is -0.487 e.